The fourth-order valence-corrected chi connectivity index (χ4v) is 4.06. The van der Waals surface area contributed by atoms with E-state index < -0.39 is 5.41 Å². The molecule has 1 fully saturated rings. The summed E-state index contributed by atoms with van der Waals surface area (Å²) in [6.45, 7) is 0.803. The van der Waals surface area contributed by atoms with Crippen LogP contribution in [0.15, 0.2) is 60.9 Å². The minimum absolute atomic E-state index is 0.140. The molecule has 2 amide bonds. The molecule has 0 bridgehead atoms. The highest BCUT2D eigenvalue weighted by atomic mass is 16.2. The molecule has 8 heteroatoms. The Balaban J connectivity index is 1.64. The first-order valence-electron chi connectivity index (χ1n) is 10.2. The number of nitrogens with one attached hydrogen (secondary N) is 1. The molecular formula is C23H24N6O2. The Hall–Kier alpha value is -3.81. The summed E-state index contributed by atoms with van der Waals surface area (Å²) in [5.74, 6) is 0.0666. The van der Waals surface area contributed by atoms with Gasteiger partial charge < -0.3 is 16.0 Å². The lowest BCUT2D eigenvalue weighted by Gasteiger charge is -2.41. The highest BCUT2D eigenvalue weighted by Crippen LogP contribution is 2.34. The predicted octanol–water partition coefficient (Wildman–Crippen LogP) is 2.04. The van der Waals surface area contributed by atoms with Gasteiger partial charge in [-0.05, 0) is 49.2 Å². The second-order valence-electron chi connectivity index (χ2n) is 7.59. The molecule has 0 unspecified atom stereocenters. The van der Waals surface area contributed by atoms with Gasteiger partial charge in [-0.25, -0.2) is 9.97 Å². The van der Waals surface area contributed by atoms with E-state index in [1.165, 1.54) is 0 Å². The molecule has 0 radical (unpaired) electrons. The zero-order chi connectivity index (χ0) is 21.8. The summed E-state index contributed by atoms with van der Waals surface area (Å²) < 4.78 is 0. The van der Waals surface area contributed by atoms with Gasteiger partial charge in [0.1, 0.15) is 16.9 Å². The van der Waals surface area contributed by atoms with Crippen molar-refractivity contribution in [2.45, 2.75) is 18.3 Å². The van der Waals surface area contributed by atoms with Crippen LogP contribution in [0.5, 0.6) is 0 Å². The Bertz CT molecular complexity index is 1090. The molecule has 1 aliphatic heterocycles. The van der Waals surface area contributed by atoms with Gasteiger partial charge in [0.15, 0.2) is 0 Å². The lowest BCUT2D eigenvalue weighted by molar-refractivity contribution is -0.128. The first kappa shape index (κ1) is 20.5. The average Bonchev–Trinajstić information content (AvgIpc) is 2.84. The summed E-state index contributed by atoms with van der Waals surface area (Å²) in [4.78, 5) is 41.1. The Kier molecular flexibility index (Phi) is 5.62. The molecule has 1 saturated heterocycles. The highest BCUT2D eigenvalue weighted by Gasteiger charge is 2.45. The third kappa shape index (κ3) is 3.96. The van der Waals surface area contributed by atoms with E-state index in [2.05, 4.69) is 20.3 Å². The quantitative estimate of drug-likeness (QED) is 0.673. The minimum Gasteiger partial charge on any atom is -0.384 e. The van der Waals surface area contributed by atoms with Crippen molar-refractivity contribution >= 4 is 17.6 Å². The Morgan fingerprint density at radius 1 is 1.10 bits per heavy atom. The molecule has 31 heavy (non-hydrogen) atoms. The molecule has 1 atom stereocenters. The van der Waals surface area contributed by atoms with Crippen LogP contribution in [0.25, 0.3) is 11.3 Å². The number of hydrogen-bond donors (Lipinski definition) is 2. The van der Waals surface area contributed by atoms with Crippen LogP contribution < -0.4 is 11.1 Å². The molecule has 4 heterocycles. The first-order valence-corrected chi connectivity index (χ1v) is 10.2. The van der Waals surface area contributed by atoms with Gasteiger partial charge in [0.2, 0.25) is 5.91 Å². The number of nitrogens with two attached hydrogens (primary N) is 1. The van der Waals surface area contributed by atoms with Crippen LogP contribution >= 0.6 is 0 Å². The SMILES string of the molecule is CNC(=O)[C@]1(c2ccccn2)CCCN(C(=O)c2cccc(-c3ccc(N)nc3)n2)C1. The van der Waals surface area contributed by atoms with Crippen molar-refractivity contribution in [2.75, 3.05) is 25.9 Å². The van der Waals surface area contributed by atoms with Crippen molar-refractivity contribution in [2.24, 2.45) is 0 Å². The third-order valence-electron chi connectivity index (χ3n) is 5.65. The number of pyridine rings is 3. The molecule has 0 aliphatic carbocycles. The summed E-state index contributed by atoms with van der Waals surface area (Å²) in [6.07, 6.45) is 4.62. The smallest absolute Gasteiger partial charge is 0.272 e. The van der Waals surface area contributed by atoms with E-state index in [1.807, 2.05) is 30.3 Å². The first-order chi connectivity index (χ1) is 15.0. The molecule has 1 aliphatic rings. The topological polar surface area (TPSA) is 114 Å². The fourth-order valence-electron chi connectivity index (χ4n) is 4.06. The average molecular weight is 416 g/mol. The second kappa shape index (κ2) is 8.51. The van der Waals surface area contributed by atoms with Crippen molar-refractivity contribution in [3.63, 3.8) is 0 Å². The number of piperidine rings is 1. The van der Waals surface area contributed by atoms with Crippen molar-refractivity contribution < 1.29 is 9.59 Å². The minimum atomic E-state index is -0.887. The standard InChI is InChI=1S/C23H24N6O2/c1-25-22(31)23(19-8-2-3-12-26-19)11-5-13-29(15-23)21(30)18-7-4-6-17(28-18)16-9-10-20(24)27-14-16/h2-4,6-10,12,14H,5,11,13,15H2,1H3,(H2,24,27)(H,25,31)/t23-/m1/s1. The summed E-state index contributed by atoms with van der Waals surface area (Å²) >= 11 is 0. The number of amides is 2. The number of nitrogen functional groups attached to an aromatic ring is 1. The van der Waals surface area contributed by atoms with Gasteiger partial charge in [-0.3, -0.25) is 14.6 Å². The van der Waals surface area contributed by atoms with Gasteiger partial charge in [-0.1, -0.05) is 12.1 Å². The van der Waals surface area contributed by atoms with E-state index in [0.717, 1.165) is 5.56 Å². The van der Waals surface area contributed by atoms with Crippen LogP contribution in [0.1, 0.15) is 29.0 Å². The predicted molar refractivity (Wildman–Crippen MR) is 117 cm³/mol. The molecule has 0 saturated carbocycles. The summed E-state index contributed by atoms with van der Waals surface area (Å²) in [6, 6.07) is 14.3. The van der Waals surface area contributed by atoms with E-state index in [1.54, 1.807) is 42.5 Å². The van der Waals surface area contributed by atoms with Crippen LogP contribution in [0.2, 0.25) is 0 Å². The van der Waals surface area contributed by atoms with Crippen LogP contribution in [0, 0.1) is 0 Å². The van der Waals surface area contributed by atoms with Crippen LogP contribution in [0.3, 0.4) is 0 Å². The largest absolute Gasteiger partial charge is 0.384 e. The van der Waals surface area contributed by atoms with E-state index in [4.69, 9.17) is 5.73 Å². The lowest BCUT2D eigenvalue weighted by atomic mass is 9.75. The molecule has 0 spiro atoms. The monoisotopic (exact) mass is 416 g/mol. The van der Waals surface area contributed by atoms with Gasteiger partial charge >= 0.3 is 0 Å². The Morgan fingerprint density at radius 3 is 2.68 bits per heavy atom. The molecule has 158 valence electrons. The van der Waals surface area contributed by atoms with Gasteiger partial charge in [0, 0.05) is 38.1 Å². The molecule has 3 N–H and O–H groups in total. The van der Waals surface area contributed by atoms with Gasteiger partial charge in [-0.2, -0.15) is 0 Å². The summed E-state index contributed by atoms with van der Waals surface area (Å²) in [5.41, 5.74) is 7.17. The number of nitrogens with zero attached hydrogens (tertiary/aromatic N) is 4. The molecule has 3 aromatic rings. The number of carbonyl (C=O) groups excluding carboxylic acids is 2. The number of likely N-dealkylation sites (tertiary alicyclic amines) is 1. The number of likely N-dealkylation sites (N-methyl/N-ethyl adjacent to an activating group) is 1. The normalized spacial score (nSPS) is 18.4. The summed E-state index contributed by atoms with van der Waals surface area (Å²) in [7, 11) is 1.61. The second-order valence-corrected chi connectivity index (χ2v) is 7.59. The maximum atomic E-state index is 13.3. The van der Waals surface area contributed by atoms with E-state index in [-0.39, 0.29) is 18.4 Å². The van der Waals surface area contributed by atoms with Crippen molar-refractivity contribution in [1.29, 1.82) is 0 Å². The van der Waals surface area contributed by atoms with Crippen LogP contribution in [-0.4, -0.2) is 51.8 Å². The number of rotatable bonds is 4. The van der Waals surface area contributed by atoms with Gasteiger partial charge in [-0.15, -0.1) is 0 Å². The zero-order valence-electron chi connectivity index (χ0n) is 17.3. The van der Waals surface area contributed by atoms with Crippen molar-refractivity contribution in [1.82, 2.24) is 25.2 Å². The van der Waals surface area contributed by atoms with Gasteiger partial charge in [0.25, 0.3) is 5.91 Å². The number of aromatic nitrogens is 3. The maximum Gasteiger partial charge on any atom is 0.272 e. The zero-order valence-corrected chi connectivity index (χ0v) is 17.3. The van der Waals surface area contributed by atoms with Crippen molar-refractivity contribution in [3.05, 3.63) is 72.3 Å². The highest BCUT2D eigenvalue weighted by molar-refractivity contribution is 5.94. The Labute approximate surface area is 180 Å². The molecular weight excluding hydrogens is 392 g/mol. The van der Waals surface area contributed by atoms with Crippen LogP contribution in [-0.2, 0) is 10.2 Å². The van der Waals surface area contributed by atoms with E-state index >= 15 is 0 Å². The molecule has 4 rings (SSSR count). The number of anilines is 1. The molecule has 3 aromatic heterocycles. The summed E-state index contributed by atoms with van der Waals surface area (Å²) in [5, 5.41) is 2.76. The third-order valence-corrected chi connectivity index (χ3v) is 5.65. The van der Waals surface area contributed by atoms with Crippen LogP contribution in [0.4, 0.5) is 5.82 Å². The number of hydrogen-bond acceptors (Lipinski definition) is 6. The fraction of sp³-hybridized carbons (Fsp3) is 0.261. The van der Waals surface area contributed by atoms with E-state index in [9.17, 15) is 9.59 Å². The lowest BCUT2D eigenvalue weighted by Crippen LogP contribution is -2.56. The van der Waals surface area contributed by atoms with Gasteiger partial charge in [0.05, 0.1) is 11.4 Å². The van der Waals surface area contributed by atoms with Crippen molar-refractivity contribution in [3.8, 4) is 11.3 Å². The van der Waals surface area contributed by atoms with E-state index in [0.29, 0.717) is 42.3 Å². The maximum absolute atomic E-state index is 13.3. The molecule has 0 aromatic carbocycles. The number of carbonyl (C=O) groups is 2. The Morgan fingerprint density at radius 2 is 1.97 bits per heavy atom. The molecule has 8 nitrogen and oxygen atoms in total.